The Morgan fingerprint density at radius 1 is 1.07 bits per heavy atom. The summed E-state index contributed by atoms with van der Waals surface area (Å²) in [4.78, 5) is 0. The fourth-order valence-electron chi connectivity index (χ4n) is 2.18. The Morgan fingerprint density at radius 2 is 1.80 bits per heavy atom. The van der Waals surface area contributed by atoms with Crippen molar-refractivity contribution in [1.82, 2.24) is 0 Å². The van der Waals surface area contributed by atoms with Crippen LogP contribution in [0.2, 0.25) is 0 Å². The van der Waals surface area contributed by atoms with E-state index in [1.807, 2.05) is 18.2 Å². The average molecular weight is 205 g/mol. The molecule has 3 heteroatoms. The minimum absolute atomic E-state index is 0.572. The standard InChI is InChI=1S/C12H19N3/c13-10-7-4-8-11(12(10)14)15-9-5-2-1-3-6-9/h4,7-9,15H,1-3,5-6,13-14H2. The molecule has 0 amide bonds. The fourth-order valence-corrected chi connectivity index (χ4v) is 2.18. The summed E-state index contributed by atoms with van der Waals surface area (Å²) in [6.45, 7) is 0. The highest BCUT2D eigenvalue weighted by molar-refractivity contribution is 5.78. The molecule has 1 fully saturated rings. The minimum atomic E-state index is 0.572. The number of hydrogen-bond acceptors (Lipinski definition) is 3. The van der Waals surface area contributed by atoms with E-state index >= 15 is 0 Å². The molecule has 0 unspecified atom stereocenters. The molecule has 1 saturated carbocycles. The number of anilines is 3. The summed E-state index contributed by atoms with van der Waals surface area (Å²) in [7, 11) is 0. The van der Waals surface area contributed by atoms with Gasteiger partial charge >= 0.3 is 0 Å². The Hall–Kier alpha value is -1.38. The Kier molecular flexibility index (Phi) is 2.99. The van der Waals surface area contributed by atoms with E-state index in [9.17, 15) is 0 Å². The molecule has 0 aromatic heterocycles. The zero-order valence-corrected chi connectivity index (χ0v) is 9.00. The molecule has 0 bridgehead atoms. The van der Waals surface area contributed by atoms with Crippen molar-refractivity contribution < 1.29 is 0 Å². The number of hydrogen-bond donors (Lipinski definition) is 3. The summed E-state index contributed by atoms with van der Waals surface area (Å²) in [5.74, 6) is 0. The summed E-state index contributed by atoms with van der Waals surface area (Å²) >= 11 is 0. The van der Waals surface area contributed by atoms with Crippen LogP contribution in [0.15, 0.2) is 18.2 Å². The molecular formula is C12H19N3. The van der Waals surface area contributed by atoms with Gasteiger partial charge in [-0.1, -0.05) is 25.3 Å². The van der Waals surface area contributed by atoms with Crippen molar-refractivity contribution in [3.63, 3.8) is 0 Å². The third kappa shape index (κ3) is 2.35. The lowest BCUT2D eigenvalue weighted by Gasteiger charge is -2.24. The topological polar surface area (TPSA) is 64.1 Å². The van der Waals surface area contributed by atoms with E-state index in [-0.39, 0.29) is 0 Å². The maximum atomic E-state index is 5.91. The van der Waals surface area contributed by atoms with E-state index in [1.165, 1.54) is 32.1 Å². The van der Waals surface area contributed by atoms with Crippen molar-refractivity contribution in [2.75, 3.05) is 16.8 Å². The van der Waals surface area contributed by atoms with Crippen molar-refractivity contribution in [3.8, 4) is 0 Å². The van der Waals surface area contributed by atoms with Crippen molar-refractivity contribution in [1.29, 1.82) is 0 Å². The molecule has 15 heavy (non-hydrogen) atoms. The van der Waals surface area contributed by atoms with Gasteiger partial charge in [-0.3, -0.25) is 0 Å². The summed E-state index contributed by atoms with van der Waals surface area (Å²) in [6.07, 6.45) is 6.49. The Bertz CT molecular complexity index is 330. The van der Waals surface area contributed by atoms with Gasteiger partial charge in [0.05, 0.1) is 17.1 Å². The lowest BCUT2D eigenvalue weighted by Crippen LogP contribution is -2.22. The third-order valence-electron chi connectivity index (χ3n) is 3.10. The maximum absolute atomic E-state index is 5.91. The van der Waals surface area contributed by atoms with Gasteiger partial charge in [0.15, 0.2) is 0 Å². The second-order valence-corrected chi connectivity index (χ2v) is 4.29. The fraction of sp³-hybridized carbons (Fsp3) is 0.500. The summed E-state index contributed by atoms with van der Waals surface area (Å²) in [6, 6.07) is 6.35. The highest BCUT2D eigenvalue weighted by atomic mass is 14.9. The first kappa shape index (κ1) is 10.1. The number of nitrogens with one attached hydrogen (secondary N) is 1. The molecule has 1 aromatic carbocycles. The lowest BCUT2D eigenvalue weighted by atomic mass is 9.95. The Morgan fingerprint density at radius 3 is 2.53 bits per heavy atom. The lowest BCUT2D eigenvalue weighted by molar-refractivity contribution is 0.463. The number of para-hydroxylation sites is 1. The number of rotatable bonds is 2. The SMILES string of the molecule is Nc1cccc(NC2CCCCC2)c1N. The smallest absolute Gasteiger partial charge is 0.0783 e. The van der Waals surface area contributed by atoms with Crippen LogP contribution in [-0.2, 0) is 0 Å². The molecule has 0 aliphatic heterocycles. The van der Waals surface area contributed by atoms with Crippen LogP contribution in [0.5, 0.6) is 0 Å². The monoisotopic (exact) mass is 205 g/mol. The highest BCUT2D eigenvalue weighted by Gasteiger charge is 2.14. The van der Waals surface area contributed by atoms with Crippen molar-refractivity contribution in [3.05, 3.63) is 18.2 Å². The van der Waals surface area contributed by atoms with E-state index in [0.29, 0.717) is 17.4 Å². The van der Waals surface area contributed by atoms with E-state index in [4.69, 9.17) is 11.5 Å². The van der Waals surface area contributed by atoms with Crippen LogP contribution < -0.4 is 16.8 Å². The van der Waals surface area contributed by atoms with Crippen LogP contribution in [0.25, 0.3) is 0 Å². The molecule has 0 heterocycles. The number of benzene rings is 1. The molecule has 0 saturated heterocycles. The van der Waals surface area contributed by atoms with Crippen LogP contribution in [0.3, 0.4) is 0 Å². The Labute approximate surface area is 90.8 Å². The van der Waals surface area contributed by atoms with Gasteiger partial charge in [-0.2, -0.15) is 0 Å². The van der Waals surface area contributed by atoms with Gasteiger partial charge in [0.25, 0.3) is 0 Å². The molecule has 5 N–H and O–H groups in total. The van der Waals surface area contributed by atoms with Crippen LogP contribution in [0, 0.1) is 0 Å². The zero-order valence-electron chi connectivity index (χ0n) is 9.00. The quantitative estimate of drug-likeness (QED) is 0.650. The summed E-state index contributed by atoms with van der Waals surface area (Å²) in [5.41, 5.74) is 14.0. The second kappa shape index (κ2) is 4.43. The van der Waals surface area contributed by atoms with Crippen LogP contribution in [-0.4, -0.2) is 6.04 Å². The predicted molar refractivity (Wildman–Crippen MR) is 65.8 cm³/mol. The Balaban J connectivity index is 2.06. The van der Waals surface area contributed by atoms with Crippen LogP contribution >= 0.6 is 0 Å². The predicted octanol–water partition coefficient (Wildman–Crippen LogP) is 2.60. The van der Waals surface area contributed by atoms with Gasteiger partial charge in [0.2, 0.25) is 0 Å². The molecule has 82 valence electrons. The third-order valence-corrected chi connectivity index (χ3v) is 3.10. The molecule has 0 atom stereocenters. The summed E-state index contributed by atoms with van der Waals surface area (Å²) < 4.78 is 0. The molecule has 0 radical (unpaired) electrons. The minimum Gasteiger partial charge on any atom is -0.397 e. The first-order chi connectivity index (χ1) is 7.27. The second-order valence-electron chi connectivity index (χ2n) is 4.29. The number of nitrogens with two attached hydrogens (primary N) is 2. The largest absolute Gasteiger partial charge is 0.397 e. The molecule has 1 aliphatic carbocycles. The van der Waals surface area contributed by atoms with Crippen molar-refractivity contribution in [2.45, 2.75) is 38.1 Å². The number of nitrogen functional groups attached to an aromatic ring is 2. The van der Waals surface area contributed by atoms with E-state index in [0.717, 1.165) is 5.69 Å². The molecule has 2 rings (SSSR count). The molecule has 0 spiro atoms. The highest BCUT2D eigenvalue weighted by Crippen LogP contribution is 2.28. The van der Waals surface area contributed by atoms with Gasteiger partial charge in [0, 0.05) is 6.04 Å². The van der Waals surface area contributed by atoms with Crippen LogP contribution in [0.1, 0.15) is 32.1 Å². The summed E-state index contributed by atoms with van der Waals surface area (Å²) in [5, 5.41) is 3.48. The first-order valence-electron chi connectivity index (χ1n) is 5.68. The van der Waals surface area contributed by atoms with E-state index in [1.54, 1.807) is 0 Å². The van der Waals surface area contributed by atoms with Crippen molar-refractivity contribution >= 4 is 17.1 Å². The molecular weight excluding hydrogens is 186 g/mol. The van der Waals surface area contributed by atoms with Gasteiger partial charge in [-0.25, -0.2) is 0 Å². The first-order valence-corrected chi connectivity index (χ1v) is 5.68. The molecule has 1 aliphatic rings. The maximum Gasteiger partial charge on any atom is 0.0783 e. The molecule has 1 aromatic rings. The normalized spacial score (nSPS) is 17.6. The van der Waals surface area contributed by atoms with E-state index in [2.05, 4.69) is 5.32 Å². The average Bonchev–Trinajstić information content (AvgIpc) is 2.26. The molecule has 3 nitrogen and oxygen atoms in total. The van der Waals surface area contributed by atoms with Gasteiger partial charge in [0.1, 0.15) is 0 Å². The van der Waals surface area contributed by atoms with Crippen LogP contribution in [0.4, 0.5) is 17.1 Å². The van der Waals surface area contributed by atoms with Crippen molar-refractivity contribution in [2.24, 2.45) is 0 Å². The van der Waals surface area contributed by atoms with Gasteiger partial charge in [-0.15, -0.1) is 0 Å². The van der Waals surface area contributed by atoms with Gasteiger partial charge < -0.3 is 16.8 Å². The zero-order chi connectivity index (χ0) is 10.7. The van der Waals surface area contributed by atoms with Gasteiger partial charge in [-0.05, 0) is 25.0 Å². The van der Waals surface area contributed by atoms with E-state index < -0.39 is 0 Å².